The number of benzene rings is 1. The molecule has 1 aromatic rings. The normalized spacial score (nSPS) is 9.73. The molecule has 0 bridgehead atoms. The number of anilines is 1. The zero-order valence-corrected chi connectivity index (χ0v) is 7.78. The van der Waals surface area contributed by atoms with Gasteiger partial charge in [0, 0.05) is 7.05 Å². The number of nitrogens with two attached hydrogens (primary N) is 1. The molecule has 0 heterocycles. The number of amides is 1. The molecule has 0 fully saturated rings. The van der Waals surface area contributed by atoms with Crippen LogP contribution in [0.25, 0.3) is 0 Å². The Bertz CT molecular complexity index is 433. The van der Waals surface area contributed by atoms with Crippen LogP contribution >= 0.6 is 0 Å². The highest BCUT2D eigenvalue weighted by atomic mass is 19.1. The van der Waals surface area contributed by atoms with E-state index in [0.717, 1.165) is 6.07 Å². The number of nitro groups is 1. The Hall–Kier alpha value is -2.18. The van der Waals surface area contributed by atoms with Crippen LogP contribution in [0.4, 0.5) is 15.8 Å². The number of nitrogens with zero attached hydrogens (tertiary/aromatic N) is 1. The van der Waals surface area contributed by atoms with Crippen molar-refractivity contribution in [3.8, 4) is 0 Å². The lowest BCUT2D eigenvalue weighted by Crippen LogP contribution is -2.14. The van der Waals surface area contributed by atoms with Gasteiger partial charge in [-0.1, -0.05) is 0 Å². The first kappa shape index (κ1) is 10.9. The van der Waals surface area contributed by atoms with E-state index in [2.05, 4.69) is 5.32 Å². The van der Waals surface area contributed by atoms with Crippen molar-refractivity contribution in [2.45, 2.75) is 0 Å². The maximum absolute atomic E-state index is 13.1. The van der Waals surface area contributed by atoms with Gasteiger partial charge in [-0.2, -0.15) is 0 Å². The highest BCUT2D eigenvalue weighted by molar-refractivity contribution is 5.98. The van der Waals surface area contributed by atoms with Crippen molar-refractivity contribution in [3.63, 3.8) is 0 Å². The minimum Gasteiger partial charge on any atom is -0.386 e. The van der Waals surface area contributed by atoms with Crippen LogP contribution < -0.4 is 11.1 Å². The van der Waals surface area contributed by atoms with E-state index in [4.69, 9.17) is 5.73 Å². The molecule has 1 rings (SSSR count). The van der Waals surface area contributed by atoms with Crippen LogP contribution in [0.5, 0.6) is 0 Å². The Morgan fingerprint density at radius 3 is 2.60 bits per heavy atom. The minimum atomic E-state index is -0.974. The van der Waals surface area contributed by atoms with Gasteiger partial charge in [0.25, 0.3) is 11.6 Å². The van der Waals surface area contributed by atoms with Gasteiger partial charge in [-0.15, -0.1) is 0 Å². The predicted octanol–water partition coefficient (Wildman–Crippen LogP) is 0.875. The van der Waals surface area contributed by atoms with E-state index >= 15 is 0 Å². The maximum Gasteiger partial charge on any atom is 0.285 e. The second kappa shape index (κ2) is 3.91. The molecule has 1 amide bonds. The number of hydrogen-bond acceptors (Lipinski definition) is 4. The van der Waals surface area contributed by atoms with E-state index < -0.39 is 22.3 Å². The number of rotatable bonds is 3. The first-order chi connectivity index (χ1) is 6.97. The number of hydrogen-bond donors (Lipinski definition) is 2. The first-order valence-electron chi connectivity index (χ1n) is 3.93. The lowest BCUT2D eigenvalue weighted by molar-refractivity contribution is -0.385. The molecule has 0 unspecified atom stereocenters. The molecule has 0 spiro atoms. The van der Waals surface area contributed by atoms with Crippen LogP contribution in [0.1, 0.15) is 10.4 Å². The van der Waals surface area contributed by atoms with Crippen LogP contribution in [-0.4, -0.2) is 17.9 Å². The molecular formula is C8H8FN3O3. The Morgan fingerprint density at radius 1 is 1.60 bits per heavy atom. The number of halogens is 1. The smallest absolute Gasteiger partial charge is 0.285 e. The molecule has 80 valence electrons. The summed E-state index contributed by atoms with van der Waals surface area (Å²) in [7, 11) is 1.43. The second-order valence-electron chi connectivity index (χ2n) is 2.72. The summed E-state index contributed by atoms with van der Waals surface area (Å²) >= 11 is 0. The molecule has 1 aromatic carbocycles. The van der Waals surface area contributed by atoms with Gasteiger partial charge < -0.3 is 11.1 Å². The quantitative estimate of drug-likeness (QED) is 0.575. The molecule has 15 heavy (non-hydrogen) atoms. The molecule has 6 nitrogen and oxygen atoms in total. The van der Waals surface area contributed by atoms with Crippen molar-refractivity contribution in [2.75, 3.05) is 12.4 Å². The van der Waals surface area contributed by atoms with Crippen LogP contribution in [0.15, 0.2) is 12.1 Å². The molecule has 0 aromatic heterocycles. The van der Waals surface area contributed by atoms with E-state index in [1.165, 1.54) is 7.05 Å². The minimum absolute atomic E-state index is 0.0191. The van der Waals surface area contributed by atoms with Crippen molar-refractivity contribution in [1.29, 1.82) is 0 Å². The van der Waals surface area contributed by atoms with E-state index in [1.54, 1.807) is 0 Å². The summed E-state index contributed by atoms with van der Waals surface area (Å²) in [6, 6.07) is 1.67. The van der Waals surface area contributed by atoms with E-state index in [0.29, 0.717) is 6.07 Å². The van der Waals surface area contributed by atoms with Crippen LogP contribution in [0.2, 0.25) is 0 Å². The van der Waals surface area contributed by atoms with Crippen LogP contribution in [-0.2, 0) is 0 Å². The summed E-state index contributed by atoms with van der Waals surface area (Å²) in [5.41, 5.74) is 3.95. The fourth-order valence-corrected chi connectivity index (χ4v) is 1.10. The standard InChI is InChI=1S/C8H8FN3O3/c1-11-6-2-4(8(10)13)7(12(14)15)3-5(6)9/h2-3,11H,1H3,(H2,10,13). The summed E-state index contributed by atoms with van der Waals surface area (Å²) < 4.78 is 13.1. The van der Waals surface area contributed by atoms with E-state index in [-0.39, 0.29) is 11.3 Å². The third-order valence-electron chi connectivity index (χ3n) is 1.82. The molecule has 0 aliphatic rings. The molecule has 0 radical (unpaired) electrons. The van der Waals surface area contributed by atoms with Crippen molar-refractivity contribution < 1.29 is 14.1 Å². The third kappa shape index (κ3) is 2.01. The van der Waals surface area contributed by atoms with Gasteiger partial charge in [-0.05, 0) is 6.07 Å². The molecule has 0 saturated heterocycles. The Kier molecular flexibility index (Phi) is 2.84. The first-order valence-corrected chi connectivity index (χ1v) is 3.93. The van der Waals surface area contributed by atoms with Crippen molar-refractivity contribution in [1.82, 2.24) is 0 Å². The van der Waals surface area contributed by atoms with Crippen LogP contribution in [0.3, 0.4) is 0 Å². The Balaban J connectivity index is 3.45. The zero-order chi connectivity index (χ0) is 11.6. The molecule has 0 saturated carbocycles. The molecular weight excluding hydrogens is 205 g/mol. The summed E-state index contributed by atoms with van der Waals surface area (Å²) in [6.07, 6.45) is 0. The van der Waals surface area contributed by atoms with Gasteiger partial charge in [0.2, 0.25) is 0 Å². The van der Waals surface area contributed by atoms with Crippen LogP contribution in [0, 0.1) is 15.9 Å². The highest BCUT2D eigenvalue weighted by Crippen LogP contribution is 2.25. The third-order valence-corrected chi connectivity index (χ3v) is 1.82. The number of nitro benzene ring substituents is 1. The van der Waals surface area contributed by atoms with Gasteiger partial charge >= 0.3 is 0 Å². The summed E-state index contributed by atoms with van der Waals surface area (Å²) in [4.78, 5) is 20.5. The Labute approximate surface area is 84.0 Å². The Morgan fingerprint density at radius 2 is 2.20 bits per heavy atom. The molecule has 7 heteroatoms. The lowest BCUT2D eigenvalue weighted by atomic mass is 10.1. The van der Waals surface area contributed by atoms with Crippen molar-refractivity contribution >= 4 is 17.3 Å². The fraction of sp³-hybridized carbons (Fsp3) is 0.125. The number of primary amides is 1. The molecule has 0 aliphatic carbocycles. The van der Waals surface area contributed by atoms with Gasteiger partial charge in [0.1, 0.15) is 5.56 Å². The van der Waals surface area contributed by atoms with E-state index in [1.807, 2.05) is 0 Å². The average molecular weight is 213 g/mol. The monoisotopic (exact) mass is 213 g/mol. The SMILES string of the molecule is CNc1cc(C(N)=O)c([N+](=O)[O-])cc1F. The van der Waals surface area contributed by atoms with Gasteiger partial charge in [-0.3, -0.25) is 14.9 Å². The number of carbonyl (C=O) groups is 1. The van der Waals surface area contributed by atoms with Gasteiger partial charge in [0.15, 0.2) is 5.82 Å². The molecule has 0 atom stereocenters. The lowest BCUT2D eigenvalue weighted by Gasteiger charge is -2.04. The predicted molar refractivity (Wildman–Crippen MR) is 51.1 cm³/mol. The second-order valence-corrected chi connectivity index (χ2v) is 2.72. The summed E-state index contributed by atoms with van der Waals surface area (Å²) in [6.45, 7) is 0. The van der Waals surface area contributed by atoms with Gasteiger partial charge in [-0.25, -0.2) is 4.39 Å². The van der Waals surface area contributed by atoms with Crippen molar-refractivity contribution in [2.24, 2.45) is 5.73 Å². The maximum atomic E-state index is 13.1. The van der Waals surface area contributed by atoms with Gasteiger partial charge in [0.05, 0.1) is 16.7 Å². The number of carbonyl (C=O) groups excluding carboxylic acids is 1. The average Bonchev–Trinajstić information content (AvgIpc) is 2.16. The largest absolute Gasteiger partial charge is 0.386 e. The zero-order valence-electron chi connectivity index (χ0n) is 7.78. The molecule has 0 aliphatic heterocycles. The summed E-state index contributed by atoms with van der Waals surface area (Å²) in [5, 5.41) is 12.9. The molecule has 3 N–H and O–H groups in total. The fourth-order valence-electron chi connectivity index (χ4n) is 1.10. The number of nitrogens with one attached hydrogen (secondary N) is 1. The summed E-state index contributed by atoms with van der Waals surface area (Å²) in [5.74, 6) is -1.78. The topological polar surface area (TPSA) is 98.3 Å². The van der Waals surface area contributed by atoms with Crippen molar-refractivity contribution in [3.05, 3.63) is 33.6 Å². The van der Waals surface area contributed by atoms with E-state index in [9.17, 15) is 19.3 Å². The highest BCUT2D eigenvalue weighted by Gasteiger charge is 2.21.